The van der Waals surface area contributed by atoms with E-state index in [0.717, 1.165) is 12.0 Å². The molecule has 1 amide bonds. The van der Waals surface area contributed by atoms with Gasteiger partial charge in [-0.2, -0.15) is 0 Å². The molecule has 2 aromatic carbocycles. The van der Waals surface area contributed by atoms with Crippen molar-refractivity contribution in [2.24, 2.45) is 4.99 Å². The fraction of sp³-hybridized carbons (Fsp3) is 0.125. The summed E-state index contributed by atoms with van der Waals surface area (Å²) in [5.41, 5.74) is 5.18. The average molecular weight is 267 g/mol. The van der Waals surface area contributed by atoms with Gasteiger partial charge in [-0.25, -0.2) is 4.99 Å². The van der Waals surface area contributed by atoms with Crippen LogP contribution in [0.1, 0.15) is 21.9 Å². The van der Waals surface area contributed by atoms with Crippen molar-refractivity contribution in [2.75, 3.05) is 0 Å². The van der Waals surface area contributed by atoms with Gasteiger partial charge in [0.15, 0.2) is 0 Å². The first-order chi connectivity index (χ1) is 9.33. The highest BCUT2D eigenvalue weighted by Crippen LogP contribution is 2.33. The lowest BCUT2D eigenvalue weighted by Gasteiger charge is -2.09. The van der Waals surface area contributed by atoms with Crippen LogP contribution in [0.25, 0.3) is 0 Å². The van der Waals surface area contributed by atoms with Crippen molar-refractivity contribution in [1.82, 2.24) is 0 Å². The quantitative estimate of drug-likeness (QED) is 0.850. The molecule has 0 saturated heterocycles. The van der Waals surface area contributed by atoms with E-state index in [1.807, 2.05) is 30.3 Å². The van der Waals surface area contributed by atoms with Gasteiger partial charge in [-0.1, -0.05) is 66.4 Å². The van der Waals surface area contributed by atoms with E-state index in [9.17, 15) is 4.79 Å². The van der Waals surface area contributed by atoms with Crippen LogP contribution in [-0.4, -0.2) is 11.5 Å². The van der Waals surface area contributed by atoms with Gasteiger partial charge in [0.25, 0.3) is 5.91 Å². The molecule has 1 heterocycles. The molecule has 1 unspecified atom stereocenters. The minimum absolute atomic E-state index is 0.0538. The summed E-state index contributed by atoms with van der Waals surface area (Å²) < 4.78 is 0. The lowest BCUT2D eigenvalue weighted by atomic mass is 10.0. The predicted octanol–water partition coefficient (Wildman–Crippen LogP) is 3.62. The highest BCUT2D eigenvalue weighted by Gasteiger charge is 2.24. The second kappa shape index (κ2) is 5.41. The highest BCUT2D eigenvalue weighted by atomic mass is 32.2. The van der Waals surface area contributed by atoms with Crippen LogP contribution in [0.15, 0.2) is 59.6 Å². The summed E-state index contributed by atoms with van der Waals surface area (Å²) in [7, 11) is 0. The molecule has 0 radical (unpaired) electrons. The molecule has 1 aliphatic rings. The van der Waals surface area contributed by atoms with Crippen molar-refractivity contribution in [3.05, 3.63) is 71.3 Å². The maximum atomic E-state index is 11.6. The number of carbonyl (C=O) groups is 1. The Kier molecular flexibility index (Phi) is 3.47. The van der Waals surface area contributed by atoms with Gasteiger partial charge in [0.2, 0.25) is 0 Å². The topological polar surface area (TPSA) is 29.4 Å². The number of hydrogen-bond acceptors (Lipinski definition) is 2. The van der Waals surface area contributed by atoms with Crippen molar-refractivity contribution in [2.45, 2.75) is 11.7 Å². The molecule has 0 N–H and O–H groups in total. The van der Waals surface area contributed by atoms with Crippen molar-refractivity contribution in [3.8, 4) is 0 Å². The Morgan fingerprint density at radius 3 is 2.53 bits per heavy atom. The Bertz CT molecular complexity index is 622. The highest BCUT2D eigenvalue weighted by molar-refractivity contribution is 8.13. The Morgan fingerprint density at radius 2 is 1.79 bits per heavy atom. The minimum atomic E-state index is -0.157. The standard InChI is InChI=1S/C16H13NOS/c18-16-15(19-11-17-16)14-8-4-7-13(10-14)9-12-5-2-1-3-6-12/h1-8,10-11,15H,9H2. The van der Waals surface area contributed by atoms with Crippen molar-refractivity contribution >= 4 is 23.2 Å². The fourth-order valence-corrected chi connectivity index (χ4v) is 2.96. The lowest BCUT2D eigenvalue weighted by molar-refractivity contribution is -0.117. The minimum Gasteiger partial charge on any atom is -0.271 e. The number of amides is 1. The van der Waals surface area contributed by atoms with E-state index in [1.54, 1.807) is 5.55 Å². The van der Waals surface area contributed by atoms with Gasteiger partial charge in [0.05, 0.1) is 5.55 Å². The number of benzene rings is 2. The van der Waals surface area contributed by atoms with E-state index in [1.165, 1.54) is 22.9 Å². The molecule has 3 rings (SSSR count). The SMILES string of the molecule is O=C1N=CSC1c1cccc(Cc2ccccc2)c1. The average Bonchev–Trinajstić information content (AvgIpc) is 2.86. The van der Waals surface area contributed by atoms with E-state index in [2.05, 4.69) is 29.3 Å². The molecule has 0 spiro atoms. The first kappa shape index (κ1) is 12.2. The van der Waals surface area contributed by atoms with Crippen LogP contribution < -0.4 is 0 Å². The zero-order valence-corrected chi connectivity index (χ0v) is 11.1. The number of thioether (sulfide) groups is 1. The Balaban J connectivity index is 1.82. The second-order valence-corrected chi connectivity index (χ2v) is 5.45. The summed E-state index contributed by atoms with van der Waals surface area (Å²) in [4.78, 5) is 15.4. The number of hydrogen-bond donors (Lipinski definition) is 0. The van der Waals surface area contributed by atoms with Crippen LogP contribution >= 0.6 is 11.8 Å². The van der Waals surface area contributed by atoms with Crippen LogP contribution in [0.4, 0.5) is 0 Å². The van der Waals surface area contributed by atoms with Gasteiger partial charge < -0.3 is 0 Å². The van der Waals surface area contributed by atoms with Gasteiger partial charge in [0, 0.05) is 0 Å². The largest absolute Gasteiger partial charge is 0.271 e. The Labute approximate surface area is 116 Å². The smallest absolute Gasteiger partial charge is 0.264 e. The normalized spacial score (nSPS) is 17.9. The molecule has 0 saturated carbocycles. The summed E-state index contributed by atoms with van der Waals surface area (Å²) in [6.07, 6.45) is 0.890. The van der Waals surface area contributed by atoms with E-state index in [-0.39, 0.29) is 11.2 Å². The molecule has 3 heteroatoms. The van der Waals surface area contributed by atoms with E-state index >= 15 is 0 Å². The summed E-state index contributed by atoms with van der Waals surface area (Å²) in [6.45, 7) is 0. The predicted molar refractivity (Wildman–Crippen MR) is 79.5 cm³/mol. The monoisotopic (exact) mass is 267 g/mol. The van der Waals surface area contributed by atoms with Crippen molar-refractivity contribution < 1.29 is 4.79 Å². The fourth-order valence-electron chi connectivity index (χ4n) is 2.19. The first-order valence-electron chi connectivity index (χ1n) is 6.17. The van der Waals surface area contributed by atoms with Crippen LogP contribution in [0.2, 0.25) is 0 Å². The van der Waals surface area contributed by atoms with Gasteiger partial charge in [-0.3, -0.25) is 4.79 Å². The zero-order chi connectivity index (χ0) is 13.1. The molecular weight excluding hydrogens is 254 g/mol. The summed E-state index contributed by atoms with van der Waals surface area (Å²) in [6, 6.07) is 18.6. The van der Waals surface area contributed by atoms with Crippen LogP contribution in [0, 0.1) is 0 Å². The summed E-state index contributed by atoms with van der Waals surface area (Å²) in [5, 5.41) is -0.157. The molecular formula is C16H13NOS. The maximum absolute atomic E-state index is 11.6. The van der Waals surface area contributed by atoms with Gasteiger partial charge in [-0.05, 0) is 23.1 Å². The third-order valence-electron chi connectivity index (χ3n) is 3.11. The zero-order valence-electron chi connectivity index (χ0n) is 10.3. The van der Waals surface area contributed by atoms with E-state index in [4.69, 9.17) is 0 Å². The number of rotatable bonds is 3. The third kappa shape index (κ3) is 2.76. The molecule has 0 aromatic heterocycles. The number of nitrogens with zero attached hydrogens (tertiary/aromatic N) is 1. The first-order valence-corrected chi connectivity index (χ1v) is 7.12. The molecule has 0 bridgehead atoms. The van der Waals surface area contributed by atoms with E-state index in [0.29, 0.717) is 0 Å². The number of carbonyl (C=O) groups excluding carboxylic acids is 1. The van der Waals surface area contributed by atoms with Crippen LogP contribution in [0.5, 0.6) is 0 Å². The molecule has 0 aliphatic carbocycles. The van der Waals surface area contributed by atoms with E-state index < -0.39 is 0 Å². The molecule has 2 aromatic rings. The molecule has 1 aliphatic heterocycles. The second-order valence-electron chi connectivity index (χ2n) is 4.50. The van der Waals surface area contributed by atoms with Gasteiger partial charge in [-0.15, -0.1) is 0 Å². The molecule has 0 fully saturated rings. The Morgan fingerprint density at radius 1 is 1.00 bits per heavy atom. The summed E-state index contributed by atoms with van der Waals surface area (Å²) >= 11 is 1.48. The van der Waals surface area contributed by atoms with Gasteiger partial charge in [0.1, 0.15) is 5.25 Å². The van der Waals surface area contributed by atoms with Crippen LogP contribution in [0.3, 0.4) is 0 Å². The Hall–Kier alpha value is -1.87. The van der Waals surface area contributed by atoms with Crippen molar-refractivity contribution in [3.63, 3.8) is 0 Å². The molecule has 1 atom stereocenters. The van der Waals surface area contributed by atoms with Crippen molar-refractivity contribution in [1.29, 1.82) is 0 Å². The summed E-state index contributed by atoms with van der Waals surface area (Å²) in [5.74, 6) is -0.0538. The molecule has 2 nitrogen and oxygen atoms in total. The van der Waals surface area contributed by atoms with Gasteiger partial charge >= 0.3 is 0 Å². The molecule has 19 heavy (non-hydrogen) atoms. The number of aliphatic imine (C=N–C) groups is 1. The third-order valence-corrected chi connectivity index (χ3v) is 4.08. The maximum Gasteiger partial charge on any atom is 0.264 e. The molecule has 94 valence electrons. The lowest BCUT2D eigenvalue weighted by Crippen LogP contribution is -2.02. The van der Waals surface area contributed by atoms with Crippen LogP contribution in [-0.2, 0) is 11.2 Å².